The Morgan fingerprint density at radius 2 is 1.91 bits per heavy atom. The molecule has 5 heteroatoms. The summed E-state index contributed by atoms with van der Waals surface area (Å²) < 4.78 is 10.0. The van der Waals surface area contributed by atoms with Gasteiger partial charge in [0.2, 0.25) is 0 Å². The molecule has 1 unspecified atom stereocenters. The van der Waals surface area contributed by atoms with Crippen LogP contribution in [0.2, 0.25) is 0 Å². The summed E-state index contributed by atoms with van der Waals surface area (Å²) in [5, 5.41) is 3.47. The zero-order valence-electron chi connectivity index (χ0n) is 7.24. The van der Waals surface area contributed by atoms with Crippen LogP contribution in [-0.4, -0.2) is 26.0 Å². The third kappa shape index (κ3) is 2.38. The minimum atomic E-state index is -0.827. The van der Waals surface area contributed by atoms with Gasteiger partial charge in [-0.3, -0.25) is 0 Å². The molecule has 0 rings (SSSR count). The van der Waals surface area contributed by atoms with Crippen molar-refractivity contribution in [2.75, 3.05) is 14.2 Å². The van der Waals surface area contributed by atoms with Gasteiger partial charge in [-0.2, -0.15) is 0 Å². The van der Waals surface area contributed by atoms with E-state index in [4.69, 9.17) is 15.0 Å². The Morgan fingerprint density at radius 1 is 1.45 bits per heavy atom. The van der Waals surface area contributed by atoms with Crippen LogP contribution < -0.4 is 0 Å². The first kappa shape index (κ1) is 10.2. The number of azide groups is 1. The molecule has 0 aromatic heterocycles. The molecule has 5 nitrogen and oxygen atoms in total. The first-order valence-electron chi connectivity index (χ1n) is 3.25. The summed E-state index contributed by atoms with van der Waals surface area (Å²) >= 11 is 0. The second-order valence-corrected chi connectivity index (χ2v) is 2.31. The Kier molecular flexibility index (Phi) is 3.89. The molecule has 0 aromatic rings. The summed E-state index contributed by atoms with van der Waals surface area (Å²) in [6, 6.07) is -0.345. The van der Waals surface area contributed by atoms with Crippen LogP contribution in [0.25, 0.3) is 10.4 Å². The quantitative estimate of drug-likeness (QED) is 0.271. The molecule has 64 valence electrons. The van der Waals surface area contributed by atoms with Gasteiger partial charge in [-0.25, -0.2) is 0 Å². The molecular formula is C6H13N3O2. The Labute approximate surface area is 65.9 Å². The van der Waals surface area contributed by atoms with Crippen molar-refractivity contribution in [2.24, 2.45) is 5.11 Å². The van der Waals surface area contributed by atoms with Crippen LogP contribution in [0.4, 0.5) is 0 Å². The predicted molar refractivity (Wildman–Crippen MR) is 41.0 cm³/mol. The largest absolute Gasteiger partial charge is 0.353 e. The fourth-order valence-corrected chi connectivity index (χ4v) is 0.607. The van der Waals surface area contributed by atoms with Crippen LogP contribution in [0.3, 0.4) is 0 Å². The van der Waals surface area contributed by atoms with Crippen LogP contribution in [0.1, 0.15) is 13.8 Å². The highest BCUT2D eigenvalue weighted by atomic mass is 16.7. The van der Waals surface area contributed by atoms with E-state index in [-0.39, 0.29) is 6.04 Å². The maximum atomic E-state index is 8.14. The molecule has 11 heavy (non-hydrogen) atoms. The first-order chi connectivity index (χ1) is 5.10. The molecule has 0 aliphatic carbocycles. The lowest BCUT2D eigenvalue weighted by atomic mass is 10.2. The normalized spacial score (nSPS) is 13.8. The molecule has 0 fully saturated rings. The predicted octanol–water partition coefficient (Wildman–Crippen LogP) is 1.69. The topological polar surface area (TPSA) is 67.2 Å². The molecule has 0 bridgehead atoms. The fraction of sp³-hybridized carbons (Fsp3) is 1.00. The summed E-state index contributed by atoms with van der Waals surface area (Å²) in [7, 11) is 3.01. The summed E-state index contributed by atoms with van der Waals surface area (Å²) in [5.41, 5.74) is 8.14. The third-order valence-corrected chi connectivity index (χ3v) is 1.79. The molecule has 0 radical (unpaired) electrons. The smallest absolute Gasteiger partial charge is 0.172 e. The van der Waals surface area contributed by atoms with Crippen molar-refractivity contribution < 1.29 is 9.47 Å². The van der Waals surface area contributed by atoms with Gasteiger partial charge in [0, 0.05) is 19.1 Å². The van der Waals surface area contributed by atoms with Gasteiger partial charge in [0.05, 0.1) is 6.04 Å². The van der Waals surface area contributed by atoms with Crippen molar-refractivity contribution in [2.45, 2.75) is 25.7 Å². The van der Waals surface area contributed by atoms with Crippen molar-refractivity contribution in [3.63, 3.8) is 0 Å². The third-order valence-electron chi connectivity index (χ3n) is 1.79. The lowest BCUT2D eigenvalue weighted by Gasteiger charge is -2.29. The van der Waals surface area contributed by atoms with Crippen molar-refractivity contribution >= 4 is 0 Å². The van der Waals surface area contributed by atoms with Crippen molar-refractivity contribution in [1.82, 2.24) is 0 Å². The molecular weight excluding hydrogens is 146 g/mol. The van der Waals surface area contributed by atoms with Crippen LogP contribution in [0.15, 0.2) is 5.11 Å². The van der Waals surface area contributed by atoms with Gasteiger partial charge >= 0.3 is 0 Å². The zero-order chi connectivity index (χ0) is 8.91. The fourth-order valence-electron chi connectivity index (χ4n) is 0.607. The Bertz CT molecular complexity index is 161. The molecule has 0 saturated carbocycles. The monoisotopic (exact) mass is 159 g/mol. The highest BCUT2D eigenvalue weighted by Crippen LogP contribution is 2.17. The van der Waals surface area contributed by atoms with Gasteiger partial charge in [-0.15, -0.1) is 0 Å². The summed E-state index contributed by atoms with van der Waals surface area (Å²) in [6.45, 7) is 3.44. The Hall–Kier alpha value is -0.770. The maximum Gasteiger partial charge on any atom is 0.172 e. The van der Waals surface area contributed by atoms with Crippen molar-refractivity contribution in [3.8, 4) is 0 Å². The SMILES string of the molecule is COC(C)(OC)C(C)N=[N+]=[N-]. The van der Waals surface area contributed by atoms with E-state index in [2.05, 4.69) is 10.0 Å². The molecule has 0 aliphatic rings. The molecule has 0 amide bonds. The minimum Gasteiger partial charge on any atom is -0.353 e. The van der Waals surface area contributed by atoms with Crippen LogP contribution in [-0.2, 0) is 9.47 Å². The van der Waals surface area contributed by atoms with E-state index >= 15 is 0 Å². The van der Waals surface area contributed by atoms with Gasteiger partial charge in [-0.1, -0.05) is 12.0 Å². The molecule has 0 saturated heterocycles. The second kappa shape index (κ2) is 4.18. The van der Waals surface area contributed by atoms with Crippen LogP contribution >= 0.6 is 0 Å². The van der Waals surface area contributed by atoms with E-state index in [0.717, 1.165) is 0 Å². The summed E-state index contributed by atoms with van der Waals surface area (Å²) in [5.74, 6) is -0.827. The lowest BCUT2D eigenvalue weighted by Crippen LogP contribution is -2.39. The van der Waals surface area contributed by atoms with E-state index in [0.29, 0.717) is 0 Å². The first-order valence-corrected chi connectivity index (χ1v) is 3.25. The number of hydrogen-bond acceptors (Lipinski definition) is 3. The number of methoxy groups -OCH3 is 2. The highest BCUT2D eigenvalue weighted by molar-refractivity contribution is 4.76. The van der Waals surface area contributed by atoms with E-state index in [1.807, 2.05) is 0 Å². The van der Waals surface area contributed by atoms with Crippen molar-refractivity contribution in [1.29, 1.82) is 0 Å². The van der Waals surface area contributed by atoms with Gasteiger partial charge in [0.25, 0.3) is 0 Å². The Morgan fingerprint density at radius 3 is 2.18 bits per heavy atom. The van der Waals surface area contributed by atoms with E-state index in [1.54, 1.807) is 13.8 Å². The molecule has 0 N–H and O–H groups in total. The average Bonchev–Trinajstić information content (AvgIpc) is 2.03. The Balaban J connectivity index is 4.35. The van der Waals surface area contributed by atoms with Gasteiger partial charge < -0.3 is 9.47 Å². The minimum absolute atomic E-state index is 0.345. The van der Waals surface area contributed by atoms with Crippen molar-refractivity contribution in [3.05, 3.63) is 10.4 Å². The molecule has 0 heterocycles. The van der Waals surface area contributed by atoms with Gasteiger partial charge in [-0.05, 0) is 12.5 Å². The van der Waals surface area contributed by atoms with Gasteiger partial charge in [0.15, 0.2) is 5.79 Å². The van der Waals surface area contributed by atoms with Crippen LogP contribution in [0, 0.1) is 0 Å². The maximum absolute atomic E-state index is 8.14. The number of nitrogens with zero attached hydrogens (tertiary/aromatic N) is 3. The molecule has 1 atom stereocenters. The standard InChI is InChI=1S/C6H13N3O2/c1-5(8-9-7)6(2,10-3)11-4/h5H,1-4H3. The average molecular weight is 159 g/mol. The van der Waals surface area contributed by atoms with Crippen LogP contribution in [0.5, 0.6) is 0 Å². The molecule has 0 aliphatic heterocycles. The highest BCUT2D eigenvalue weighted by Gasteiger charge is 2.29. The van der Waals surface area contributed by atoms with E-state index < -0.39 is 5.79 Å². The lowest BCUT2D eigenvalue weighted by molar-refractivity contribution is -0.203. The molecule has 0 spiro atoms. The molecule has 0 aromatic carbocycles. The number of rotatable bonds is 4. The second-order valence-electron chi connectivity index (χ2n) is 2.31. The van der Waals surface area contributed by atoms with E-state index in [1.165, 1.54) is 14.2 Å². The zero-order valence-corrected chi connectivity index (χ0v) is 7.24. The van der Waals surface area contributed by atoms with E-state index in [9.17, 15) is 0 Å². The van der Waals surface area contributed by atoms with Gasteiger partial charge in [0.1, 0.15) is 0 Å². The summed E-state index contributed by atoms with van der Waals surface area (Å²) in [6.07, 6.45) is 0. The number of hydrogen-bond donors (Lipinski definition) is 0. The summed E-state index contributed by atoms with van der Waals surface area (Å²) in [4.78, 5) is 2.66. The number of ether oxygens (including phenoxy) is 2.